The van der Waals surface area contributed by atoms with Gasteiger partial charge in [-0.05, 0) is 75.6 Å². The summed E-state index contributed by atoms with van der Waals surface area (Å²) in [5.74, 6) is 0.300. The lowest BCUT2D eigenvalue weighted by atomic mass is 9.78. The monoisotopic (exact) mass is 415 g/mol. The van der Waals surface area contributed by atoms with Crippen LogP contribution in [0.15, 0.2) is 18.2 Å². The van der Waals surface area contributed by atoms with Crippen molar-refractivity contribution in [1.82, 2.24) is 4.90 Å². The fourth-order valence-electron chi connectivity index (χ4n) is 5.60. The molecule has 2 amide bonds. The largest absolute Gasteiger partial charge is 0.465 e. The van der Waals surface area contributed by atoms with E-state index in [2.05, 4.69) is 9.80 Å². The Morgan fingerprint density at radius 2 is 1.90 bits per heavy atom. The fraction of sp³-hybridized carbons (Fsp3) is 0.652. The van der Waals surface area contributed by atoms with Crippen LogP contribution < -0.4 is 9.80 Å². The smallest absolute Gasteiger partial charge is 0.411 e. The zero-order valence-electron chi connectivity index (χ0n) is 18.0. The van der Waals surface area contributed by atoms with Crippen LogP contribution in [-0.4, -0.2) is 65.9 Å². The molecular weight excluding hydrogens is 382 g/mol. The number of carbonyl (C=O) groups is 2. The van der Waals surface area contributed by atoms with E-state index in [9.17, 15) is 19.8 Å². The van der Waals surface area contributed by atoms with Gasteiger partial charge in [0.2, 0.25) is 5.91 Å². The number of anilines is 2. The molecule has 3 fully saturated rings. The molecule has 1 spiro atoms. The Labute approximate surface area is 178 Å². The van der Waals surface area contributed by atoms with Gasteiger partial charge in [-0.15, -0.1) is 0 Å². The molecule has 2 heterocycles. The van der Waals surface area contributed by atoms with Gasteiger partial charge in [0.1, 0.15) is 0 Å². The number of hydrogen-bond acceptors (Lipinski definition) is 4. The molecule has 2 N–H and O–H groups in total. The number of carboxylic acid groups (broad SMARTS) is 1. The van der Waals surface area contributed by atoms with Crippen molar-refractivity contribution in [2.24, 2.45) is 5.41 Å². The standard InChI is InChI=1S/C23H33N3O4/c1-16-14-18(24(2)22(29)30)6-9-20(16)25-12-3-10-23(15-25)11-13-26(21(23)28)17-4-7-19(27)8-5-17/h6,9,14,17,19,27H,3-5,7-8,10-13,15H2,1-2H3,(H,29,30)/t17?,19?,23-/m0/s1. The summed E-state index contributed by atoms with van der Waals surface area (Å²) in [5, 5.41) is 19.0. The molecule has 7 nitrogen and oxygen atoms in total. The Hall–Kier alpha value is -2.28. The zero-order chi connectivity index (χ0) is 21.5. The van der Waals surface area contributed by atoms with Gasteiger partial charge in [-0.25, -0.2) is 4.79 Å². The normalized spacial score (nSPS) is 29.5. The van der Waals surface area contributed by atoms with Crippen LogP contribution in [-0.2, 0) is 4.79 Å². The summed E-state index contributed by atoms with van der Waals surface area (Å²) < 4.78 is 0. The molecule has 1 aromatic rings. The summed E-state index contributed by atoms with van der Waals surface area (Å²) in [6, 6.07) is 6.01. The van der Waals surface area contributed by atoms with E-state index in [4.69, 9.17) is 0 Å². The summed E-state index contributed by atoms with van der Waals surface area (Å²) in [6.07, 6.45) is 5.05. The second-order valence-electron chi connectivity index (χ2n) is 9.33. The highest BCUT2D eigenvalue weighted by molar-refractivity contribution is 5.87. The maximum absolute atomic E-state index is 13.5. The lowest BCUT2D eigenvalue weighted by Crippen LogP contribution is -2.50. The highest BCUT2D eigenvalue weighted by atomic mass is 16.4. The SMILES string of the molecule is Cc1cc(N(C)C(=O)O)ccc1N1CCC[C@]2(CCN(C3CCC(O)CC3)C2=O)C1. The number of nitrogens with zero attached hydrogens (tertiary/aromatic N) is 3. The molecule has 2 saturated heterocycles. The minimum atomic E-state index is -0.981. The lowest BCUT2D eigenvalue weighted by molar-refractivity contribution is -0.139. The summed E-state index contributed by atoms with van der Waals surface area (Å²) in [4.78, 5) is 30.4. The van der Waals surface area contributed by atoms with Crippen molar-refractivity contribution in [3.63, 3.8) is 0 Å². The number of likely N-dealkylation sites (tertiary alicyclic amines) is 1. The van der Waals surface area contributed by atoms with Gasteiger partial charge in [0.15, 0.2) is 0 Å². The fourth-order valence-corrected chi connectivity index (χ4v) is 5.60. The van der Waals surface area contributed by atoms with Crippen LogP contribution in [0.1, 0.15) is 50.5 Å². The number of aliphatic hydroxyl groups is 1. The van der Waals surface area contributed by atoms with E-state index in [0.717, 1.165) is 75.8 Å². The Bertz CT molecular complexity index is 821. The van der Waals surface area contributed by atoms with Crippen molar-refractivity contribution >= 4 is 23.4 Å². The second-order valence-corrected chi connectivity index (χ2v) is 9.33. The van der Waals surface area contributed by atoms with Crippen molar-refractivity contribution in [3.8, 4) is 0 Å². The summed E-state index contributed by atoms with van der Waals surface area (Å²) in [6.45, 7) is 4.48. The van der Waals surface area contributed by atoms with Crippen LogP contribution in [0.4, 0.5) is 16.2 Å². The number of benzene rings is 1. The van der Waals surface area contributed by atoms with E-state index < -0.39 is 6.09 Å². The highest BCUT2D eigenvalue weighted by Gasteiger charge is 2.50. The third-order valence-corrected chi connectivity index (χ3v) is 7.42. The van der Waals surface area contributed by atoms with E-state index in [0.29, 0.717) is 11.6 Å². The van der Waals surface area contributed by atoms with E-state index in [-0.39, 0.29) is 17.6 Å². The van der Waals surface area contributed by atoms with Crippen molar-refractivity contribution in [2.45, 2.75) is 64.0 Å². The van der Waals surface area contributed by atoms with Crippen molar-refractivity contribution in [1.29, 1.82) is 0 Å². The van der Waals surface area contributed by atoms with Crippen LogP contribution in [0.3, 0.4) is 0 Å². The number of amides is 2. The molecule has 4 rings (SSSR count). The Balaban J connectivity index is 1.49. The molecule has 0 aromatic heterocycles. The van der Waals surface area contributed by atoms with Crippen LogP contribution in [0, 0.1) is 12.3 Å². The predicted molar refractivity (Wildman–Crippen MR) is 116 cm³/mol. The Morgan fingerprint density at radius 3 is 2.57 bits per heavy atom. The topological polar surface area (TPSA) is 84.3 Å². The predicted octanol–water partition coefficient (Wildman–Crippen LogP) is 3.23. The lowest BCUT2D eigenvalue weighted by Gasteiger charge is -2.42. The molecule has 1 aromatic carbocycles. The van der Waals surface area contributed by atoms with E-state index in [1.54, 1.807) is 7.05 Å². The first-order valence-corrected chi connectivity index (χ1v) is 11.1. The molecule has 30 heavy (non-hydrogen) atoms. The van der Waals surface area contributed by atoms with Gasteiger partial charge in [0, 0.05) is 44.1 Å². The van der Waals surface area contributed by atoms with Gasteiger partial charge in [-0.3, -0.25) is 9.69 Å². The Morgan fingerprint density at radius 1 is 1.17 bits per heavy atom. The third kappa shape index (κ3) is 3.75. The summed E-state index contributed by atoms with van der Waals surface area (Å²) in [5.41, 5.74) is 2.46. The van der Waals surface area contributed by atoms with Crippen molar-refractivity contribution in [3.05, 3.63) is 23.8 Å². The van der Waals surface area contributed by atoms with Gasteiger partial charge in [0.05, 0.1) is 11.5 Å². The first kappa shape index (κ1) is 21.0. The Kier molecular flexibility index (Phi) is 5.66. The average Bonchev–Trinajstić information content (AvgIpc) is 3.03. The molecule has 7 heteroatoms. The maximum atomic E-state index is 13.5. The van der Waals surface area contributed by atoms with Gasteiger partial charge in [-0.2, -0.15) is 0 Å². The number of carbonyl (C=O) groups excluding carboxylic acids is 1. The molecule has 0 radical (unpaired) electrons. The van der Waals surface area contributed by atoms with Crippen LogP contribution >= 0.6 is 0 Å². The van der Waals surface area contributed by atoms with Gasteiger partial charge in [-0.1, -0.05) is 0 Å². The first-order chi connectivity index (χ1) is 14.3. The molecule has 0 bridgehead atoms. The molecule has 1 aliphatic carbocycles. The molecule has 1 saturated carbocycles. The van der Waals surface area contributed by atoms with Gasteiger partial charge in [0.25, 0.3) is 0 Å². The first-order valence-electron chi connectivity index (χ1n) is 11.1. The summed E-state index contributed by atoms with van der Waals surface area (Å²) in [7, 11) is 1.54. The van der Waals surface area contributed by atoms with Gasteiger partial charge < -0.3 is 20.0 Å². The molecule has 164 valence electrons. The third-order valence-electron chi connectivity index (χ3n) is 7.42. The van der Waals surface area contributed by atoms with Crippen molar-refractivity contribution < 1.29 is 19.8 Å². The molecule has 1 atom stereocenters. The number of hydrogen-bond donors (Lipinski definition) is 2. The number of rotatable bonds is 3. The minimum Gasteiger partial charge on any atom is -0.465 e. The average molecular weight is 416 g/mol. The number of aryl methyl sites for hydroxylation is 1. The second kappa shape index (κ2) is 8.10. The van der Waals surface area contributed by atoms with Crippen LogP contribution in [0.5, 0.6) is 0 Å². The minimum absolute atomic E-state index is 0.204. The van der Waals surface area contributed by atoms with E-state index in [1.807, 2.05) is 25.1 Å². The molecule has 2 aliphatic heterocycles. The number of piperidine rings is 1. The van der Waals surface area contributed by atoms with E-state index in [1.165, 1.54) is 4.90 Å². The van der Waals surface area contributed by atoms with Crippen LogP contribution in [0.25, 0.3) is 0 Å². The summed E-state index contributed by atoms with van der Waals surface area (Å²) >= 11 is 0. The van der Waals surface area contributed by atoms with E-state index >= 15 is 0 Å². The van der Waals surface area contributed by atoms with Gasteiger partial charge >= 0.3 is 6.09 Å². The molecular formula is C23H33N3O4. The zero-order valence-corrected chi connectivity index (χ0v) is 18.0. The van der Waals surface area contributed by atoms with Crippen LogP contribution in [0.2, 0.25) is 0 Å². The maximum Gasteiger partial charge on any atom is 0.411 e. The molecule has 0 unspecified atom stereocenters. The number of aliphatic hydroxyl groups excluding tert-OH is 1. The molecule has 3 aliphatic rings. The van der Waals surface area contributed by atoms with Crippen molar-refractivity contribution in [2.75, 3.05) is 36.5 Å². The highest BCUT2D eigenvalue weighted by Crippen LogP contribution is 2.44. The quantitative estimate of drug-likeness (QED) is 0.792.